The molecule has 0 radical (unpaired) electrons. The molecule has 0 amide bonds. The molecule has 0 bridgehead atoms. The summed E-state index contributed by atoms with van der Waals surface area (Å²) in [6, 6.07) is 4.03. The first-order valence-corrected chi connectivity index (χ1v) is 9.75. The van der Waals surface area contributed by atoms with Crippen molar-refractivity contribution in [1.29, 1.82) is 0 Å². The quantitative estimate of drug-likeness (QED) is 0.497. The highest BCUT2D eigenvalue weighted by atomic mass is 16.5. The van der Waals surface area contributed by atoms with Crippen LogP contribution in [-0.4, -0.2) is 41.9 Å². The maximum Gasteiger partial charge on any atom is 0.261 e. The van der Waals surface area contributed by atoms with Crippen LogP contribution in [0.2, 0.25) is 0 Å². The number of hydrogen-bond acceptors (Lipinski definition) is 9. The molecule has 30 heavy (non-hydrogen) atoms. The molecule has 4 aromatic rings. The van der Waals surface area contributed by atoms with Gasteiger partial charge in [0.05, 0.1) is 41.9 Å². The van der Waals surface area contributed by atoms with E-state index in [0.717, 1.165) is 41.8 Å². The van der Waals surface area contributed by atoms with Crippen LogP contribution in [0.25, 0.3) is 22.8 Å². The SMILES string of the molecule is CNc1cnc(-c2ccc(C3(c4noc(-c5cnn(CN)c5)n4)CCC3)cn2)cn1. The Bertz CT molecular complexity index is 1140. The average molecular weight is 403 g/mol. The zero-order valence-corrected chi connectivity index (χ0v) is 16.5. The fourth-order valence-electron chi connectivity index (χ4n) is 3.70. The summed E-state index contributed by atoms with van der Waals surface area (Å²) in [5.41, 5.74) is 8.65. The molecule has 0 aromatic carbocycles. The van der Waals surface area contributed by atoms with Crippen LogP contribution in [0.4, 0.5) is 5.82 Å². The van der Waals surface area contributed by atoms with Crippen molar-refractivity contribution in [2.75, 3.05) is 12.4 Å². The summed E-state index contributed by atoms with van der Waals surface area (Å²) in [6.07, 6.45) is 11.7. The molecule has 10 heteroatoms. The van der Waals surface area contributed by atoms with E-state index >= 15 is 0 Å². The maximum absolute atomic E-state index is 5.61. The Morgan fingerprint density at radius 1 is 1.10 bits per heavy atom. The van der Waals surface area contributed by atoms with Crippen LogP contribution in [0, 0.1) is 0 Å². The van der Waals surface area contributed by atoms with E-state index in [1.807, 2.05) is 19.3 Å². The lowest BCUT2D eigenvalue weighted by Gasteiger charge is -2.39. The van der Waals surface area contributed by atoms with Crippen LogP contribution >= 0.6 is 0 Å². The van der Waals surface area contributed by atoms with Crippen molar-refractivity contribution in [2.24, 2.45) is 5.73 Å². The highest BCUT2D eigenvalue weighted by Gasteiger charge is 2.45. The summed E-state index contributed by atoms with van der Waals surface area (Å²) in [5.74, 6) is 1.84. The Labute approximate surface area is 172 Å². The van der Waals surface area contributed by atoms with Gasteiger partial charge in [0.25, 0.3) is 5.89 Å². The molecule has 0 unspecified atom stereocenters. The maximum atomic E-state index is 5.61. The van der Waals surface area contributed by atoms with E-state index in [1.54, 1.807) is 29.5 Å². The van der Waals surface area contributed by atoms with Gasteiger partial charge in [-0.15, -0.1) is 0 Å². The van der Waals surface area contributed by atoms with Gasteiger partial charge in [-0.05, 0) is 24.5 Å². The van der Waals surface area contributed by atoms with E-state index in [-0.39, 0.29) is 5.41 Å². The Morgan fingerprint density at radius 2 is 1.97 bits per heavy atom. The minimum Gasteiger partial charge on any atom is -0.372 e. The molecule has 5 rings (SSSR count). The predicted molar refractivity (Wildman–Crippen MR) is 109 cm³/mol. The minimum absolute atomic E-state index is 0.279. The molecule has 0 aliphatic heterocycles. The van der Waals surface area contributed by atoms with Gasteiger partial charge in [0.2, 0.25) is 0 Å². The number of nitrogens with two attached hydrogens (primary N) is 1. The summed E-state index contributed by atoms with van der Waals surface area (Å²) >= 11 is 0. The lowest BCUT2D eigenvalue weighted by Crippen LogP contribution is -2.36. The van der Waals surface area contributed by atoms with E-state index in [2.05, 4.69) is 41.6 Å². The van der Waals surface area contributed by atoms with Crippen molar-refractivity contribution >= 4 is 5.82 Å². The highest BCUT2D eigenvalue weighted by molar-refractivity contribution is 5.55. The zero-order valence-electron chi connectivity index (χ0n) is 16.5. The third-order valence-corrected chi connectivity index (χ3v) is 5.61. The lowest BCUT2D eigenvalue weighted by atomic mass is 9.64. The van der Waals surface area contributed by atoms with Gasteiger partial charge in [0, 0.05) is 19.4 Å². The van der Waals surface area contributed by atoms with Crippen molar-refractivity contribution in [3.05, 3.63) is 54.5 Å². The van der Waals surface area contributed by atoms with Crippen molar-refractivity contribution in [3.63, 3.8) is 0 Å². The molecule has 4 heterocycles. The van der Waals surface area contributed by atoms with Gasteiger partial charge in [0.1, 0.15) is 11.5 Å². The van der Waals surface area contributed by atoms with Crippen LogP contribution in [0.1, 0.15) is 30.7 Å². The van der Waals surface area contributed by atoms with Gasteiger partial charge in [-0.3, -0.25) is 9.67 Å². The van der Waals surface area contributed by atoms with Crippen molar-refractivity contribution in [2.45, 2.75) is 31.3 Å². The smallest absolute Gasteiger partial charge is 0.261 e. The molecule has 3 N–H and O–H groups in total. The number of nitrogens with zero attached hydrogens (tertiary/aromatic N) is 7. The standard InChI is InChI=1S/C20H21N9O/c1-22-17-10-24-16(9-25-17)15-4-3-14(8-23-15)20(5-2-6-20)19-27-18(30-28-19)13-7-26-29(11-13)12-21/h3-4,7-11H,2,5-6,12,21H2,1H3,(H,22,25). The van der Waals surface area contributed by atoms with Crippen LogP contribution in [0.5, 0.6) is 0 Å². The van der Waals surface area contributed by atoms with Crippen molar-refractivity contribution in [3.8, 4) is 22.8 Å². The molecule has 152 valence electrons. The number of nitrogens with one attached hydrogen (secondary N) is 1. The molecule has 1 aliphatic rings. The Hall–Kier alpha value is -3.66. The Morgan fingerprint density at radius 3 is 2.57 bits per heavy atom. The zero-order chi connectivity index (χ0) is 20.6. The Balaban J connectivity index is 1.43. The molecule has 1 fully saturated rings. The highest BCUT2D eigenvalue weighted by Crippen LogP contribution is 2.48. The van der Waals surface area contributed by atoms with Crippen LogP contribution in [-0.2, 0) is 12.1 Å². The fraction of sp³-hybridized carbons (Fsp3) is 0.300. The fourth-order valence-corrected chi connectivity index (χ4v) is 3.70. The van der Waals surface area contributed by atoms with Gasteiger partial charge in [-0.25, -0.2) is 9.97 Å². The topological polar surface area (TPSA) is 133 Å². The molecule has 0 atom stereocenters. The van der Waals surface area contributed by atoms with E-state index in [1.165, 1.54) is 0 Å². The molecular formula is C20H21N9O. The predicted octanol–water partition coefficient (Wildman–Crippen LogP) is 2.21. The average Bonchev–Trinajstić information content (AvgIpc) is 3.43. The van der Waals surface area contributed by atoms with E-state index in [9.17, 15) is 0 Å². The van der Waals surface area contributed by atoms with Gasteiger partial charge in [0.15, 0.2) is 5.82 Å². The second-order valence-corrected chi connectivity index (χ2v) is 7.28. The van der Waals surface area contributed by atoms with Gasteiger partial charge in [-0.2, -0.15) is 10.1 Å². The summed E-state index contributed by atoms with van der Waals surface area (Å²) in [7, 11) is 1.81. The number of anilines is 1. The third-order valence-electron chi connectivity index (χ3n) is 5.61. The summed E-state index contributed by atoms with van der Waals surface area (Å²) < 4.78 is 7.14. The molecule has 0 spiro atoms. The number of aromatic nitrogens is 7. The normalized spacial score (nSPS) is 15.0. The largest absolute Gasteiger partial charge is 0.372 e. The molecule has 4 aromatic heterocycles. The van der Waals surface area contributed by atoms with E-state index in [4.69, 9.17) is 10.3 Å². The van der Waals surface area contributed by atoms with E-state index < -0.39 is 0 Å². The minimum atomic E-state index is -0.279. The number of hydrogen-bond donors (Lipinski definition) is 2. The van der Waals surface area contributed by atoms with Gasteiger partial charge < -0.3 is 15.6 Å². The molecule has 1 aliphatic carbocycles. The first-order chi connectivity index (χ1) is 14.7. The second kappa shape index (κ2) is 7.30. The van der Waals surface area contributed by atoms with Gasteiger partial charge in [-0.1, -0.05) is 17.6 Å². The number of pyridine rings is 1. The number of rotatable bonds is 6. The van der Waals surface area contributed by atoms with Gasteiger partial charge >= 0.3 is 0 Å². The summed E-state index contributed by atoms with van der Waals surface area (Å²) in [4.78, 5) is 18.0. The summed E-state index contributed by atoms with van der Waals surface area (Å²) in [5, 5.41) is 11.4. The summed E-state index contributed by atoms with van der Waals surface area (Å²) in [6.45, 7) is 0.297. The molecular weight excluding hydrogens is 382 g/mol. The van der Waals surface area contributed by atoms with Crippen molar-refractivity contribution in [1.82, 2.24) is 34.9 Å². The van der Waals surface area contributed by atoms with Crippen LogP contribution in [0.3, 0.4) is 0 Å². The van der Waals surface area contributed by atoms with Crippen LogP contribution in [0.15, 0.2) is 47.6 Å². The first-order valence-electron chi connectivity index (χ1n) is 9.75. The van der Waals surface area contributed by atoms with Crippen molar-refractivity contribution < 1.29 is 4.52 Å². The second-order valence-electron chi connectivity index (χ2n) is 7.28. The third kappa shape index (κ3) is 3.01. The van der Waals surface area contributed by atoms with E-state index in [0.29, 0.717) is 24.2 Å². The lowest BCUT2D eigenvalue weighted by molar-refractivity contribution is 0.272. The molecule has 1 saturated carbocycles. The monoisotopic (exact) mass is 403 g/mol. The van der Waals surface area contributed by atoms with Crippen LogP contribution < -0.4 is 11.1 Å². The molecule has 10 nitrogen and oxygen atoms in total. The first kappa shape index (κ1) is 18.4. The Kier molecular flexibility index (Phi) is 4.47. The molecule has 0 saturated heterocycles.